The van der Waals surface area contributed by atoms with Gasteiger partial charge in [0, 0.05) is 17.3 Å². The number of ketones is 1. The number of nitriles is 1. The van der Waals surface area contributed by atoms with E-state index in [4.69, 9.17) is 17.0 Å². The molecule has 1 unspecified atom stereocenters. The van der Waals surface area contributed by atoms with E-state index in [1.165, 1.54) is 16.2 Å². The van der Waals surface area contributed by atoms with Gasteiger partial charge in [0.05, 0.1) is 22.9 Å². The minimum atomic E-state index is -1.44. The Morgan fingerprint density at radius 2 is 1.94 bits per heavy atom. The molecule has 1 atom stereocenters. The standard InChI is InChI=1S/C24H25N3O3S2/c1-4-5-12-30-18-9-6-16(7-10-18)22(28)19(14-25)23(29)27(15(2)3)17-8-11-20-21(13-17)32-24(31)26-20/h6-11,13,15,19H,4-5,12H2,1-3H3,(H,26,31). The fourth-order valence-corrected chi connectivity index (χ4v) is 4.49. The topological polar surface area (TPSA) is 86.2 Å². The molecule has 1 N–H and O–H groups in total. The number of carbonyl (C=O) groups excluding carboxylic acids is 2. The van der Waals surface area contributed by atoms with Crippen molar-refractivity contribution in [2.24, 2.45) is 5.92 Å². The lowest BCUT2D eigenvalue weighted by Crippen LogP contribution is -2.43. The lowest BCUT2D eigenvalue weighted by atomic mass is 9.96. The number of hydrogen-bond acceptors (Lipinski definition) is 6. The largest absolute Gasteiger partial charge is 0.494 e. The number of ether oxygens (including phenoxy) is 1. The maximum Gasteiger partial charge on any atom is 0.252 e. The number of anilines is 1. The summed E-state index contributed by atoms with van der Waals surface area (Å²) in [5.74, 6) is -1.86. The molecule has 0 bridgehead atoms. The van der Waals surface area contributed by atoms with Crippen molar-refractivity contribution in [3.63, 3.8) is 0 Å². The van der Waals surface area contributed by atoms with E-state index in [9.17, 15) is 14.9 Å². The number of amides is 1. The predicted molar refractivity (Wildman–Crippen MR) is 130 cm³/mol. The van der Waals surface area contributed by atoms with Gasteiger partial charge in [-0.05, 0) is 75.0 Å². The first-order valence-corrected chi connectivity index (χ1v) is 11.7. The Morgan fingerprint density at radius 1 is 1.22 bits per heavy atom. The molecule has 2 aromatic carbocycles. The van der Waals surface area contributed by atoms with E-state index in [2.05, 4.69) is 11.9 Å². The van der Waals surface area contributed by atoms with Gasteiger partial charge < -0.3 is 14.6 Å². The molecule has 0 aliphatic heterocycles. The first-order valence-electron chi connectivity index (χ1n) is 10.5. The summed E-state index contributed by atoms with van der Waals surface area (Å²) in [5, 5.41) is 9.72. The van der Waals surface area contributed by atoms with Gasteiger partial charge in [-0.3, -0.25) is 9.59 Å². The fraction of sp³-hybridized carbons (Fsp3) is 0.333. The zero-order valence-electron chi connectivity index (χ0n) is 18.3. The second kappa shape index (κ2) is 10.5. The highest BCUT2D eigenvalue weighted by atomic mass is 32.1. The van der Waals surface area contributed by atoms with Crippen molar-refractivity contribution in [1.82, 2.24) is 4.98 Å². The van der Waals surface area contributed by atoms with Gasteiger partial charge in [0.15, 0.2) is 15.7 Å². The number of fused-ring (bicyclic) bond motifs is 1. The number of aromatic nitrogens is 1. The van der Waals surface area contributed by atoms with Gasteiger partial charge in [-0.25, -0.2) is 0 Å². The molecular formula is C24H25N3O3S2. The van der Waals surface area contributed by atoms with E-state index >= 15 is 0 Å². The number of hydrogen-bond donors (Lipinski definition) is 1. The van der Waals surface area contributed by atoms with Crippen LogP contribution in [-0.2, 0) is 4.79 Å². The van der Waals surface area contributed by atoms with Crippen LogP contribution in [0.4, 0.5) is 5.69 Å². The van der Waals surface area contributed by atoms with Gasteiger partial charge in [0.25, 0.3) is 5.91 Å². The normalized spacial score (nSPS) is 11.8. The summed E-state index contributed by atoms with van der Waals surface area (Å²) in [4.78, 5) is 31.0. The number of benzene rings is 2. The van der Waals surface area contributed by atoms with Crippen molar-refractivity contribution in [3.05, 3.63) is 52.0 Å². The molecule has 3 aromatic rings. The monoisotopic (exact) mass is 467 g/mol. The Bertz CT molecular complexity index is 1210. The average molecular weight is 468 g/mol. The third-order valence-corrected chi connectivity index (χ3v) is 6.18. The van der Waals surface area contributed by atoms with E-state index < -0.39 is 17.6 Å². The summed E-state index contributed by atoms with van der Waals surface area (Å²) in [6, 6.07) is 13.7. The van der Waals surface area contributed by atoms with Gasteiger partial charge in [-0.1, -0.05) is 13.3 Å². The quantitative estimate of drug-likeness (QED) is 0.183. The first-order chi connectivity index (χ1) is 15.3. The molecule has 0 saturated carbocycles. The third-order valence-electron chi connectivity index (χ3n) is 4.98. The van der Waals surface area contributed by atoms with E-state index in [-0.39, 0.29) is 6.04 Å². The SMILES string of the molecule is CCCCOc1ccc(C(=O)C(C#N)C(=O)N(c2ccc3[nH]c(=S)sc3c2)C(C)C)cc1. The minimum absolute atomic E-state index is 0.246. The van der Waals surface area contributed by atoms with Gasteiger partial charge >= 0.3 is 0 Å². The number of aromatic amines is 1. The van der Waals surface area contributed by atoms with Crippen LogP contribution in [0.5, 0.6) is 5.75 Å². The molecule has 1 aromatic heterocycles. The Morgan fingerprint density at radius 3 is 2.56 bits per heavy atom. The first kappa shape index (κ1) is 23.6. The summed E-state index contributed by atoms with van der Waals surface area (Å²) in [6.45, 7) is 6.38. The Hall–Kier alpha value is -3.02. The molecule has 166 valence electrons. The Kier molecular flexibility index (Phi) is 7.78. The van der Waals surface area contributed by atoms with Crippen molar-refractivity contribution in [1.29, 1.82) is 5.26 Å². The van der Waals surface area contributed by atoms with E-state index in [1.807, 2.05) is 32.0 Å². The second-order valence-electron chi connectivity index (χ2n) is 7.65. The van der Waals surface area contributed by atoms with Gasteiger partial charge in [-0.15, -0.1) is 11.3 Å². The van der Waals surface area contributed by atoms with Crippen LogP contribution in [0.2, 0.25) is 0 Å². The second-order valence-corrected chi connectivity index (χ2v) is 9.37. The van der Waals surface area contributed by atoms with Crippen LogP contribution in [-0.4, -0.2) is 29.3 Å². The van der Waals surface area contributed by atoms with E-state index in [0.29, 0.717) is 27.6 Å². The molecule has 0 aliphatic rings. The van der Waals surface area contributed by atoms with E-state index in [0.717, 1.165) is 23.1 Å². The van der Waals surface area contributed by atoms with Crippen LogP contribution in [0.1, 0.15) is 44.0 Å². The van der Waals surface area contributed by atoms with Crippen LogP contribution in [0, 0.1) is 21.2 Å². The molecule has 8 heteroatoms. The van der Waals surface area contributed by atoms with Crippen LogP contribution < -0.4 is 9.64 Å². The van der Waals surface area contributed by atoms with Crippen molar-refractivity contribution in [3.8, 4) is 11.8 Å². The number of thiazole rings is 1. The van der Waals surface area contributed by atoms with Crippen molar-refractivity contribution in [2.45, 2.75) is 39.7 Å². The highest BCUT2D eigenvalue weighted by molar-refractivity contribution is 7.73. The number of rotatable bonds is 9. The Balaban J connectivity index is 1.85. The summed E-state index contributed by atoms with van der Waals surface area (Å²) >= 11 is 6.61. The fourth-order valence-electron chi connectivity index (χ4n) is 3.35. The van der Waals surface area contributed by atoms with Crippen molar-refractivity contribution >= 4 is 51.1 Å². The van der Waals surface area contributed by atoms with E-state index in [1.54, 1.807) is 30.3 Å². The molecule has 0 saturated heterocycles. The highest BCUT2D eigenvalue weighted by Gasteiger charge is 2.33. The van der Waals surface area contributed by atoms with Crippen molar-refractivity contribution < 1.29 is 14.3 Å². The molecule has 0 aliphatic carbocycles. The lowest BCUT2D eigenvalue weighted by molar-refractivity contribution is -0.120. The molecule has 32 heavy (non-hydrogen) atoms. The van der Waals surface area contributed by atoms with Crippen LogP contribution in [0.25, 0.3) is 10.2 Å². The molecular weight excluding hydrogens is 442 g/mol. The Labute approximate surface area is 196 Å². The minimum Gasteiger partial charge on any atom is -0.494 e. The van der Waals surface area contributed by atoms with Gasteiger partial charge in [-0.2, -0.15) is 5.26 Å². The lowest BCUT2D eigenvalue weighted by Gasteiger charge is -2.28. The van der Waals surface area contributed by atoms with Crippen LogP contribution >= 0.6 is 23.6 Å². The maximum atomic E-state index is 13.3. The smallest absolute Gasteiger partial charge is 0.252 e. The van der Waals surface area contributed by atoms with Crippen LogP contribution in [0.3, 0.4) is 0 Å². The summed E-state index contributed by atoms with van der Waals surface area (Å²) in [5.41, 5.74) is 1.81. The number of H-pyrrole nitrogens is 1. The van der Waals surface area contributed by atoms with Crippen LogP contribution in [0.15, 0.2) is 42.5 Å². The van der Waals surface area contributed by atoms with Crippen molar-refractivity contribution in [2.75, 3.05) is 11.5 Å². The number of carbonyl (C=O) groups is 2. The van der Waals surface area contributed by atoms with Gasteiger partial charge in [0.1, 0.15) is 5.75 Å². The number of nitrogens with zero attached hydrogens (tertiary/aromatic N) is 2. The maximum absolute atomic E-state index is 13.3. The molecule has 0 radical (unpaired) electrons. The molecule has 3 rings (SSSR count). The number of unbranched alkanes of at least 4 members (excludes halogenated alkanes) is 1. The molecule has 0 spiro atoms. The number of nitrogens with one attached hydrogen (secondary N) is 1. The number of Topliss-reactive ketones (excluding diaryl/α,β-unsaturated/α-hetero) is 1. The highest BCUT2D eigenvalue weighted by Crippen LogP contribution is 2.28. The summed E-state index contributed by atoms with van der Waals surface area (Å²) in [6.07, 6.45) is 1.97. The average Bonchev–Trinajstić information content (AvgIpc) is 3.14. The molecule has 0 fully saturated rings. The summed E-state index contributed by atoms with van der Waals surface area (Å²) in [7, 11) is 0. The third kappa shape index (κ3) is 5.23. The molecule has 1 amide bonds. The molecule has 1 heterocycles. The zero-order valence-corrected chi connectivity index (χ0v) is 19.9. The summed E-state index contributed by atoms with van der Waals surface area (Å²) < 4.78 is 7.17. The van der Waals surface area contributed by atoms with Gasteiger partial charge in [0.2, 0.25) is 0 Å². The zero-order chi connectivity index (χ0) is 23.3. The predicted octanol–water partition coefficient (Wildman–Crippen LogP) is 5.90. The molecule has 6 nitrogen and oxygen atoms in total.